The lowest BCUT2D eigenvalue weighted by molar-refractivity contribution is 0.0695. The third-order valence-electron chi connectivity index (χ3n) is 2.33. The number of hydrogen-bond donors (Lipinski definition) is 1. The number of rotatable bonds is 3. The van der Waals surface area contributed by atoms with Crippen LogP contribution in [0.1, 0.15) is 27.4 Å². The van der Waals surface area contributed by atoms with Gasteiger partial charge in [-0.2, -0.15) is 0 Å². The molecule has 19 heavy (non-hydrogen) atoms. The summed E-state index contributed by atoms with van der Waals surface area (Å²) in [5.74, 6) is -1.03. The van der Waals surface area contributed by atoms with Crippen molar-refractivity contribution in [1.82, 2.24) is 19.9 Å². The summed E-state index contributed by atoms with van der Waals surface area (Å²) in [5.41, 5.74) is 2.27. The van der Waals surface area contributed by atoms with Gasteiger partial charge in [-0.25, -0.2) is 24.7 Å². The van der Waals surface area contributed by atoms with E-state index in [0.29, 0.717) is 16.0 Å². The van der Waals surface area contributed by atoms with Crippen LogP contribution in [0.5, 0.6) is 0 Å². The largest absolute Gasteiger partial charge is 0.478 e. The van der Waals surface area contributed by atoms with Crippen molar-refractivity contribution in [2.45, 2.75) is 31.1 Å². The lowest BCUT2D eigenvalue weighted by Crippen LogP contribution is -2.04. The number of hydrogen-bond acceptors (Lipinski definition) is 6. The monoisotopic (exact) mass is 276 g/mol. The first kappa shape index (κ1) is 13.4. The molecule has 0 radical (unpaired) electrons. The molecule has 0 saturated carbocycles. The third-order valence-corrected chi connectivity index (χ3v) is 3.08. The average Bonchev–Trinajstić information content (AvgIpc) is 2.26. The topological polar surface area (TPSA) is 88.9 Å². The van der Waals surface area contributed by atoms with Crippen LogP contribution < -0.4 is 0 Å². The van der Waals surface area contributed by atoms with E-state index in [1.807, 2.05) is 19.9 Å². The quantitative estimate of drug-likeness (QED) is 0.858. The summed E-state index contributed by atoms with van der Waals surface area (Å²) in [4.78, 5) is 27.6. The molecule has 0 atom stereocenters. The zero-order valence-electron chi connectivity index (χ0n) is 10.7. The molecule has 2 rings (SSSR count). The van der Waals surface area contributed by atoms with Gasteiger partial charge in [0, 0.05) is 17.6 Å². The van der Waals surface area contributed by atoms with Crippen molar-refractivity contribution in [3.8, 4) is 0 Å². The molecular formula is C12H12N4O2S. The minimum Gasteiger partial charge on any atom is -0.478 e. The SMILES string of the molecule is Cc1cc(C)nc(Sc2ncc(C(=O)O)c(C)n2)n1. The van der Waals surface area contributed by atoms with E-state index >= 15 is 0 Å². The summed E-state index contributed by atoms with van der Waals surface area (Å²) in [6, 6.07) is 1.88. The standard InChI is InChI=1S/C12H12N4O2S/c1-6-4-7(2)15-12(14-6)19-11-13-5-9(10(17)18)8(3)16-11/h4-5H,1-3H3,(H,17,18). The maximum atomic E-state index is 10.9. The molecule has 0 amide bonds. The fourth-order valence-corrected chi connectivity index (χ4v) is 2.36. The van der Waals surface area contributed by atoms with Crippen LogP contribution in [0, 0.1) is 20.8 Å². The molecule has 0 saturated heterocycles. The Balaban J connectivity index is 2.28. The summed E-state index contributed by atoms with van der Waals surface area (Å²) < 4.78 is 0. The molecule has 7 heteroatoms. The maximum Gasteiger partial charge on any atom is 0.339 e. The molecule has 2 aromatic rings. The van der Waals surface area contributed by atoms with Crippen molar-refractivity contribution in [2.75, 3.05) is 0 Å². The molecule has 0 unspecified atom stereocenters. The van der Waals surface area contributed by atoms with Crippen molar-refractivity contribution in [3.05, 3.63) is 34.9 Å². The summed E-state index contributed by atoms with van der Waals surface area (Å²) in [6.45, 7) is 5.41. The van der Waals surface area contributed by atoms with Crippen LogP contribution in [0.3, 0.4) is 0 Å². The fourth-order valence-electron chi connectivity index (χ4n) is 1.53. The van der Waals surface area contributed by atoms with E-state index in [0.717, 1.165) is 11.4 Å². The Kier molecular flexibility index (Phi) is 3.75. The molecule has 0 aliphatic rings. The molecule has 6 nitrogen and oxygen atoms in total. The van der Waals surface area contributed by atoms with Crippen LogP contribution in [0.15, 0.2) is 22.6 Å². The van der Waals surface area contributed by atoms with Crippen LogP contribution in [0.25, 0.3) is 0 Å². The molecule has 98 valence electrons. The van der Waals surface area contributed by atoms with Crippen molar-refractivity contribution >= 4 is 17.7 Å². The number of aryl methyl sites for hydroxylation is 3. The van der Waals surface area contributed by atoms with Crippen molar-refractivity contribution in [3.63, 3.8) is 0 Å². The molecule has 1 N–H and O–H groups in total. The third kappa shape index (κ3) is 3.25. The summed E-state index contributed by atoms with van der Waals surface area (Å²) in [6.07, 6.45) is 1.30. The lowest BCUT2D eigenvalue weighted by atomic mass is 10.2. The van der Waals surface area contributed by atoms with Gasteiger partial charge in [0.25, 0.3) is 0 Å². The van der Waals surface area contributed by atoms with E-state index in [4.69, 9.17) is 5.11 Å². The van der Waals surface area contributed by atoms with Gasteiger partial charge >= 0.3 is 5.97 Å². The van der Waals surface area contributed by atoms with Gasteiger partial charge in [0.15, 0.2) is 10.3 Å². The van der Waals surface area contributed by atoms with Crippen LogP contribution in [-0.2, 0) is 0 Å². The van der Waals surface area contributed by atoms with E-state index in [1.54, 1.807) is 6.92 Å². The Labute approximate surface area is 114 Å². The fraction of sp³-hybridized carbons (Fsp3) is 0.250. The smallest absolute Gasteiger partial charge is 0.339 e. The van der Waals surface area contributed by atoms with Gasteiger partial charge in [-0.15, -0.1) is 0 Å². The number of nitrogens with zero attached hydrogens (tertiary/aromatic N) is 4. The molecule has 2 heterocycles. The maximum absolute atomic E-state index is 10.9. The molecule has 2 aromatic heterocycles. The van der Waals surface area contributed by atoms with E-state index < -0.39 is 5.97 Å². The second kappa shape index (κ2) is 5.31. The first-order valence-corrected chi connectivity index (χ1v) is 6.34. The van der Waals surface area contributed by atoms with E-state index in [9.17, 15) is 4.79 Å². The first-order valence-electron chi connectivity index (χ1n) is 5.53. The highest BCUT2D eigenvalue weighted by Gasteiger charge is 2.11. The second-order valence-corrected chi connectivity index (χ2v) is 4.93. The molecule has 0 spiro atoms. The van der Waals surface area contributed by atoms with Gasteiger partial charge in [-0.05, 0) is 38.6 Å². The average molecular weight is 276 g/mol. The van der Waals surface area contributed by atoms with Gasteiger partial charge in [-0.3, -0.25) is 0 Å². The summed E-state index contributed by atoms with van der Waals surface area (Å²) in [5, 5.41) is 9.90. The Bertz CT molecular complexity index is 625. The zero-order chi connectivity index (χ0) is 14.0. The van der Waals surface area contributed by atoms with E-state index in [-0.39, 0.29) is 5.56 Å². The molecular weight excluding hydrogens is 264 g/mol. The van der Waals surface area contributed by atoms with E-state index in [2.05, 4.69) is 19.9 Å². The lowest BCUT2D eigenvalue weighted by Gasteiger charge is -2.04. The Hall–Kier alpha value is -2.02. The summed E-state index contributed by atoms with van der Waals surface area (Å²) >= 11 is 1.21. The zero-order valence-corrected chi connectivity index (χ0v) is 11.5. The molecule has 0 fully saturated rings. The predicted octanol–water partition coefficient (Wildman–Crippen LogP) is 2.04. The highest BCUT2D eigenvalue weighted by Crippen LogP contribution is 2.22. The van der Waals surface area contributed by atoms with Crippen molar-refractivity contribution < 1.29 is 9.90 Å². The molecule has 0 aromatic carbocycles. The minimum absolute atomic E-state index is 0.102. The number of aromatic carboxylic acids is 1. The Morgan fingerprint density at radius 1 is 1.11 bits per heavy atom. The number of carboxylic acid groups (broad SMARTS) is 1. The highest BCUT2D eigenvalue weighted by molar-refractivity contribution is 7.99. The Morgan fingerprint density at radius 3 is 2.26 bits per heavy atom. The highest BCUT2D eigenvalue weighted by atomic mass is 32.2. The molecule has 0 aliphatic carbocycles. The van der Waals surface area contributed by atoms with Gasteiger partial charge < -0.3 is 5.11 Å². The number of carboxylic acids is 1. The second-order valence-electron chi connectivity index (χ2n) is 3.99. The normalized spacial score (nSPS) is 10.5. The Morgan fingerprint density at radius 2 is 1.74 bits per heavy atom. The van der Waals surface area contributed by atoms with Crippen LogP contribution in [0.4, 0.5) is 0 Å². The van der Waals surface area contributed by atoms with Crippen molar-refractivity contribution in [1.29, 1.82) is 0 Å². The van der Waals surface area contributed by atoms with Gasteiger partial charge in [0.1, 0.15) is 0 Å². The number of carbonyl (C=O) groups is 1. The summed E-state index contributed by atoms with van der Waals surface area (Å²) in [7, 11) is 0. The molecule has 0 aliphatic heterocycles. The number of aromatic nitrogens is 4. The predicted molar refractivity (Wildman–Crippen MR) is 69.4 cm³/mol. The van der Waals surface area contributed by atoms with Crippen LogP contribution in [-0.4, -0.2) is 31.0 Å². The molecule has 0 bridgehead atoms. The van der Waals surface area contributed by atoms with Gasteiger partial charge in [0.05, 0.1) is 11.3 Å². The van der Waals surface area contributed by atoms with E-state index in [1.165, 1.54) is 18.0 Å². The van der Waals surface area contributed by atoms with Gasteiger partial charge in [-0.1, -0.05) is 0 Å². The minimum atomic E-state index is -1.03. The van der Waals surface area contributed by atoms with Crippen LogP contribution in [0.2, 0.25) is 0 Å². The van der Waals surface area contributed by atoms with Crippen molar-refractivity contribution in [2.24, 2.45) is 0 Å². The van der Waals surface area contributed by atoms with Crippen LogP contribution >= 0.6 is 11.8 Å². The first-order chi connectivity index (χ1) is 8.95. The van der Waals surface area contributed by atoms with Gasteiger partial charge in [0.2, 0.25) is 0 Å².